The molecule has 35 heavy (non-hydrogen) atoms. The van der Waals surface area contributed by atoms with Crippen molar-refractivity contribution in [2.75, 3.05) is 19.6 Å². The minimum atomic E-state index is -4.94. The lowest BCUT2D eigenvalue weighted by Gasteiger charge is -2.41. The van der Waals surface area contributed by atoms with Crippen molar-refractivity contribution in [1.29, 1.82) is 0 Å². The number of rotatable bonds is 5. The van der Waals surface area contributed by atoms with Crippen LogP contribution in [-0.4, -0.2) is 52.7 Å². The summed E-state index contributed by atoms with van der Waals surface area (Å²) < 4.78 is 39.4. The van der Waals surface area contributed by atoms with E-state index >= 15 is 0 Å². The molecule has 3 atom stereocenters. The molecule has 0 spiro atoms. The molecule has 2 amide bonds. The number of nitrogens with zero attached hydrogens (tertiary/aromatic N) is 2. The van der Waals surface area contributed by atoms with Crippen molar-refractivity contribution in [2.24, 2.45) is 5.92 Å². The average Bonchev–Trinajstić information content (AvgIpc) is 2.86. The van der Waals surface area contributed by atoms with E-state index in [-0.39, 0.29) is 32.0 Å². The molecule has 5 nitrogen and oxygen atoms in total. The molecule has 184 valence electrons. The lowest BCUT2D eigenvalue weighted by atomic mass is 9.80. The molecule has 1 aliphatic rings. The zero-order valence-electron chi connectivity index (χ0n) is 19.3. The summed E-state index contributed by atoms with van der Waals surface area (Å²) in [6.45, 7) is 1.80. The van der Waals surface area contributed by atoms with Gasteiger partial charge in [-0.1, -0.05) is 72.8 Å². The number of amides is 2. The van der Waals surface area contributed by atoms with Gasteiger partial charge in [-0.15, -0.1) is 0 Å². The third-order valence-corrected chi connectivity index (χ3v) is 6.93. The quantitative estimate of drug-likeness (QED) is 0.478. The van der Waals surface area contributed by atoms with Crippen molar-refractivity contribution in [1.82, 2.24) is 9.80 Å². The van der Waals surface area contributed by atoms with Gasteiger partial charge in [-0.3, -0.25) is 4.79 Å². The fourth-order valence-corrected chi connectivity index (χ4v) is 5.10. The summed E-state index contributed by atoms with van der Waals surface area (Å²) in [5.74, 6) is -2.52. The van der Waals surface area contributed by atoms with Gasteiger partial charge in [0.1, 0.15) is 0 Å². The Hall–Kier alpha value is -3.55. The molecule has 1 saturated heterocycles. The molecule has 0 radical (unpaired) electrons. The number of fused-ring (bicyclic) bond motifs is 1. The monoisotopic (exact) mass is 484 g/mol. The van der Waals surface area contributed by atoms with Gasteiger partial charge >= 0.3 is 18.2 Å². The van der Waals surface area contributed by atoms with Crippen LogP contribution in [0.15, 0.2) is 72.8 Å². The Kier molecular flexibility index (Phi) is 7.00. The number of benzene rings is 3. The second-order valence-electron chi connectivity index (χ2n) is 8.99. The number of alkyl halides is 3. The summed E-state index contributed by atoms with van der Waals surface area (Å²) in [5.41, 5.74) is 1.66. The Morgan fingerprint density at radius 1 is 1.03 bits per heavy atom. The standard InChI is InChI=1S/C27H27F3N2O3/c1-18(22-13-7-11-19-10-5-6-12-23(19)22)32(26(34)35)16-21-14-15-31(25(33)27(28,29)30)17-24(21)20-8-3-2-4-9-20/h2-13,18,21,24H,14-17H2,1H3,(H,34,35)/t18-,21?,24?/m1/s1. The Balaban J connectivity index is 1.63. The van der Waals surface area contributed by atoms with Gasteiger partial charge in [0, 0.05) is 25.6 Å². The average molecular weight is 485 g/mol. The fourth-order valence-electron chi connectivity index (χ4n) is 5.10. The van der Waals surface area contributed by atoms with Crippen LogP contribution < -0.4 is 0 Å². The van der Waals surface area contributed by atoms with Crippen LogP contribution in [0.4, 0.5) is 18.0 Å². The van der Waals surface area contributed by atoms with Gasteiger partial charge in [-0.05, 0) is 41.2 Å². The summed E-state index contributed by atoms with van der Waals surface area (Å²) in [6, 6.07) is 22.1. The van der Waals surface area contributed by atoms with Crippen LogP contribution in [0.25, 0.3) is 10.8 Å². The van der Waals surface area contributed by atoms with Gasteiger partial charge in [0.15, 0.2) is 0 Å². The molecule has 3 aromatic rings. The number of hydrogen-bond acceptors (Lipinski definition) is 2. The molecule has 1 aliphatic heterocycles. The first-order valence-corrected chi connectivity index (χ1v) is 11.5. The second kappa shape index (κ2) is 9.98. The third kappa shape index (κ3) is 5.26. The minimum Gasteiger partial charge on any atom is -0.465 e. The number of halogens is 3. The maximum Gasteiger partial charge on any atom is 0.471 e. The molecule has 2 unspecified atom stereocenters. The van der Waals surface area contributed by atoms with E-state index in [4.69, 9.17) is 0 Å². The van der Waals surface area contributed by atoms with Gasteiger partial charge in [0.05, 0.1) is 6.04 Å². The lowest BCUT2D eigenvalue weighted by Crippen LogP contribution is -2.50. The van der Waals surface area contributed by atoms with Crippen molar-refractivity contribution >= 4 is 22.8 Å². The Morgan fingerprint density at radius 2 is 1.69 bits per heavy atom. The summed E-state index contributed by atoms with van der Waals surface area (Å²) in [7, 11) is 0. The van der Waals surface area contributed by atoms with Crippen LogP contribution in [0.1, 0.15) is 36.4 Å². The summed E-state index contributed by atoms with van der Waals surface area (Å²) in [4.78, 5) is 26.5. The summed E-state index contributed by atoms with van der Waals surface area (Å²) in [6.07, 6.45) is -5.76. The van der Waals surface area contributed by atoms with Crippen molar-refractivity contribution in [3.8, 4) is 0 Å². The van der Waals surface area contributed by atoms with E-state index in [1.807, 2.05) is 67.6 Å². The molecular weight excluding hydrogens is 457 g/mol. The van der Waals surface area contributed by atoms with E-state index in [0.29, 0.717) is 0 Å². The fraction of sp³-hybridized carbons (Fsp3) is 0.333. The molecule has 0 aromatic heterocycles. The van der Waals surface area contributed by atoms with Crippen LogP contribution in [0.2, 0.25) is 0 Å². The van der Waals surface area contributed by atoms with E-state index in [0.717, 1.165) is 26.8 Å². The summed E-state index contributed by atoms with van der Waals surface area (Å²) in [5, 5.41) is 12.1. The number of hydrogen-bond donors (Lipinski definition) is 1. The van der Waals surface area contributed by atoms with E-state index in [1.54, 1.807) is 12.1 Å². The zero-order chi connectivity index (χ0) is 25.2. The number of carbonyl (C=O) groups excluding carboxylic acids is 1. The van der Waals surface area contributed by atoms with Crippen LogP contribution in [0, 0.1) is 5.92 Å². The molecule has 1 fully saturated rings. The van der Waals surface area contributed by atoms with Gasteiger partial charge in [0.2, 0.25) is 0 Å². The molecular formula is C27H27F3N2O3. The molecule has 1 N–H and O–H groups in total. The predicted molar refractivity (Wildman–Crippen MR) is 127 cm³/mol. The molecule has 4 rings (SSSR count). The maximum absolute atomic E-state index is 13.1. The molecule has 0 bridgehead atoms. The largest absolute Gasteiger partial charge is 0.471 e. The number of piperidine rings is 1. The Bertz CT molecular complexity index is 1190. The highest BCUT2D eigenvalue weighted by Crippen LogP contribution is 2.37. The van der Waals surface area contributed by atoms with Crippen LogP contribution >= 0.6 is 0 Å². The molecule has 1 heterocycles. The molecule has 8 heteroatoms. The maximum atomic E-state index is 13.1. The summed E-state index contributed by atoms with van der Waals surface area (Å²) >= 11 is 0. The van der Waals surface area contributed by atoms with Gasteiger partial charge in [-0.25, -0.2) is 4.79 Å². The van der Waals surface area contributed by atoms with Crippen molar-refractivity contribution in [2.45, 2.75) is 31.5 Å². The molecule has 3 aromatic carbocycles. The number of likely N-dealkylation sites (tertiary alicyclic amines) is 1. The van der Waals surface area contributed by atoms with Gasteiger partial charge in [-0.2, -0.15) is 13.2 Å². The molecule has 0 saturated carbocycles. The first-order chi connectivity index (χ1) is 16.7. The normalized spacial score (nSPS) is 19.4. The lowest BCUT2D eigenvalue weighted by molar-refractivity contribution is -0.187. The molecule has 0 aliphatic carbocycles. The zero-order valence-corrected chi connectivity index (χ0v) is 19.3. The van der Waals surface area contributed by atoms with Gasteiger partial charge < -0.3 is 14.9 Å². The third-order valence-electron chi connectivity index (χ3n) is 6.93. The van der Waals surface area contributed by atoms with E-state index < -0.39 is 30.1 Å². The van der Waals surface area contributed by atoms with E-state index in [1.165, 1.54) is 4.90 Å². The van der Waals surface area contributed by atoms with Crippen LogP contribution in [0.3, 0.4) is 0 Å². The topological polar surface area (TPSA) is 60.9 Å². The van der Waals surface area contributed by atoms with Crippen molar-refractivity contribution in [3.63, 3.8) is 0 Å². The smallest absolute Gasteiger partial charge is 0.465 e. The van der Waals surface area contributed by atoms with Crippen molar-refractivity contribution < 1.29 is 27.9 Å². The Morgan fingerprint density at radius 3 is 2.37 bits per heavy atom. The second-order valence-corrected chi connectivity index (χ2v) is 8.99. The highest BCUT2D eigenvalue weighted by atomic mass is 19.4. The van der Waals surface area contributed by atoms with E-state index in [9.17, 15) is 27.9 Å². The minimum absolute atomic E-state index is 0.0670. The highest BCUT2D eigenvalue weighted by Gasteiger charge is 2.45. The predicted octanol–water partition coefficient (Wildman–Crippen LogP) is 6.08. The Labute approximate surface area is 201 Å². The first-order valence-electron chi connectivity index (χ1n) is 11.5. The first kappa shape index (κ1) is 24.6. The SMILES string of the molecule is C[C@H](c1cccc2ccccc12)N(CC1CCN(C(=O)C(F)(F)F)CC1c1ccccc1)C(=O)O. The van der Waals surface area contributed by atoms with Gasteiger partial charge in [0.25, 0.3) is 0 Å². The number of carboxylic acid groups (broad SMARTS) is 1. The van der Waals surface area contributed by atoms with Crippen molar-refractivity contribution in [3.05, 3.63) is 83.9 Å². The van der Waals surface area contributed by atoms with Crippen LogP contribution in [0.5, 0.6) is 0 Å². The number of carbonyl (C=O) groups is 2. The highest BCUT2D eigenvalue weighted by molar-refractivity contribution is 5.86. The van der Waals surface area contributed by atoms with E-state index in [2.05, 4.69) is 0 Å². The van der Waals surface area contributed by atoms with Crippen LogP contribution in [-0.2, 0) is 4.79 Å².